The molecule has 0 N–H and O–H groups in total. The lowest BCUT2D eigenvalue weighted by molar-refractivity contribution is -0.132. The zero-order valence-electron chi connectivity index (χ0n) is 10.2. The van der Waals surface area contributed by atoms with E-state index < -0.39 is 14.8 Å². The first kappa shape index (κ1) is 13.6. The summed E-state index contributed by atoms with van der Waals surface area (Å²) in [5.74, 6) is -0.466. The molecule has 4 nitrogen and oxygen atoms in total. The lowest BCUT2D eigenvalue weighted by Crippen LogP contribution is -2.56. The van der Waals surface area contributed by atoms with E-state index in [2.05, 4.69) is 0 Å². The minimum absolute atomic E-state index is 0.466. The number of allylic oxidation sites excluding steroid dienone is 1. The molecule has 0 heterocycles. The van der Waals surface area contributed by atoms with E-state index in [9.17, 15) is 4.79 Å². The number of hydrogen-bond acceptors (Lipinski definition) is 4. The van der Waals surface area contributed by atoms with E-state index in [1.54, 1.807) is 13.0 Å². The summed E-state index contributed by atoms with van der Waals surface area (Å²) in [7, 11) is -0.165. The Morgan fingerprint density at radius 1 is 1.18 bits per heavy atom. The molecular weight excluding hydrogens is 236 g/mol. The van der Waals surface area contributed by atoms with Crippen molar-refractivity contribution in [2.75, 3.05) is 14.2 Å². The maximum atomic E-state index is 11.5. The van der Waals surface area contributed by atoms with Crippen molar-refractivity contribution < 1.29 is 18.1 Å². The molecule has 0 unspecified atom stereocenters. The average Bonchev–Trinajstić information content (AvgIpc) is 2.37. The molecule has 1 aromatic rings. The molecule has 0 aliphatic carbocycles. The van der Waals surface area contributed by atoms with E-state index in [0.717, 1.165) is 5.19 Å². The first-order chi connectivity index (χ1) is 8.18. The summed E-state index contributed by atoms with van der Waals surface area (Å²) >= 11 is 0. The molecule has 92 valence electrons. The van der Waals surface area contributed by atoms with Crippen LogP contribution in [0.15, 0.2) is 42.5 Å². The fourth-order valence-corrected chi connectivity index (χ4v) is 3.26. The van der Waals surface area contributed by atoms with Gasteiger partial charge in [0.1, 0.15) is 0 Å². The van der Waals surface area contributed by atoms with Crippen LogP contribution in [0.3, 0.4) is 0 Å². The highest BCUT2D eigenvalue weighted by atomic mass is 28.4. The SMILES string of the molecule is CC=CC(=O)O[Si](OC)(OC)c1ccccc1. The van der Waals surface area contributed by atoms with Crippen molar-refractivity contribution in [1.29, 1.82) is 0 Å². The molecule has 0 bridgehead atoms. The second-order valence-electron chi connectivity index (χ2n) is 3.25. The van der Waals surface area contributed by atoms with Gasteiger partial charge in [-0.2, -0.15) is 0 Å². The summed E-state index contributed by atoms with van der Waals surface area (Å²) in [4.78, 5) is 11.5. The molecule has 5 heteroatoms. The minimum Gasteiger partial charge on any atom is -0.467 e. The van der Waals surface area contributed by atoms with E-state index in [1.165, 1.54) is 20.3 Å². The van der Waals surface area contributed by atoms with Crippen molar-refractivity contribution in [1.82, 2.24) is 0 Å². The summed E-state index contributed by atoms with van der Waals surface area (Å²) < 4.78 is 16.0. The second kappa shape index (κ2) is 6.34. The van der Waals surface area contributed by atoms with Gasteiger partial charge in [-0.25, -0.2) is 4.79 Å². The van der Waals surface area contributed by atoms with Gasteiger partial charge in [0.05, 0.1) is 0 Å². The predicted octanol–water partition coefficient (Wildman–Crippen LogP) is 1.24. The Kier molecular flexibility index (Phi) is 5.08. The fraction of sp³-hybridized carbons (Fsp3) is 0.250. The molecule has 17 heavy (non-hydrogen) atoms. The van der Waals surface area contributed by atoms with Gasteiger partial charge in [-0.15, -0.1) is 0 Å². The Balaban J connectivity index is 3.01. The monoisotopic (exact) mass is 252 g/mol. The third kappa shape index (κ3) is 3.26. The van der Waals surface area contributed by atoms with Crippen molar-refractivity contribution in [2.24, 2.45) is 0 Å². The molecule has 0 saturated heterocycles. The van der Waals surface area contributed by atoms with Gasteiger partial charge in [0, 0.05) is 25.5 Å². The van der Waals surface area contributed by atoms with Gasteiger partial charge in [-0.1, -0.05) is 36.4 Å². The molecular formula is C12H16O4Si. The summed E-state index contributed by atoms with van der Waals surface area (Å²) in [5, 5.41) is 0.753. The molecule has 1 rings (SSSR count). The molecule has 0 saturated carbocycles. The Bertz CT molecular complexity index is 385. The molecule has 0 radical (unpaired) electrons. The predicted molar refractivity (Wildman–Crippen MR) is 66.8 cm³/mol. The molecule has 0 aliphatic rings. The highest BCUT2D eigenvalue weighted by Gasteiger charge is 2.45. The normalized spacial score (nSPS) is 11.7. The third-order valence-corrected chi connectivity index (χ3v) is 4.79. The second-order valence-corrected chi connectivity index (χ2v) is 5.96. The van der Waals surface area contributed by atoms with Crippen LogP contribution >= 0.6 is 0 Å². The van der Waals surface area contributed by atoms with Gasteiger partial charge in [0.2, 0.25) is 0 Å². The van der Waals surface area contributed by atoms with Gasteiger partial charge < -0.3 is 13.3 Å². The minimum atomic E-state index is -3.12. The zero-order chi connectivity index (χ0) is 12.7. The van der Waals surface area contributed by atoms with E-state index in [4.69, 9.17) is 13.3 Å². The van der Waals surface area contributed by atoms with E-state index in [1.807, 2.05) is 30.3 Å². The number of carbonyl (C=O) groups is 1. The first-order valence-electron chi connectivity index (χ1n) is 5.20. The molecule has 0 atom stereocenters. The maximum absolute atomic E-state index is 11.5. The van der Waals surface area contributed by atoms with E-state index in [0.29, 0.717) is 0 Å². The quantitative estimate of drug-likeness (QED) is 0.584. The van der Waals surface area contributed by atoms with Gasteiger partial charge in [0.25, 0.3) is 0 Å². The van der Waals surface area contributed by atoms with Crippen molar-refractivity contribution in [3.63, 3.8) is 0 Å². The number of hydrogen-bond donors (Lipinski definition) is 0. The molecule has 0 amide bonds. The van der Waals surface area contributed by atoms with Crippen LogP contribution in [0.2, 0.25) is 0 Å². The van der Waals surface area contributed by atoms with Gasteiger partial charge in [-0.05, 0) is 6.92 Å². The topological polar surface area (TPSA) is 44.8 Å². The van der Waals surface area contributed by atoms with Crippen molar-refractivity contribution in [2.45, 2.75) is 6.92 Å². The van der Waals surface area contributed by atoms with Crippen LogP contribution in [-0.4, -0.2) is 29.0 Å². The number of rotatable bonds is 5. The third-order valence-electron chi connectivity index (χ3n) is 2.20. The molecule has 0 fully saturated rings. The Labute approximate surface area is 102 Å². The Morgan fingerprint density at radius 2 is 1.76 bits per heavy atom. The van der Waals surface area contributed by atoms with Crippen molar-refractivity contribution in [3.8, 4) is 0 Å². The van der Waals surface area contributed by atoms with Crippen LogP contribution in [0.4, 0.5) is 0 Å². The molecule has 0 aromatic heterocycles. The summed E-state index contributed by atoms with van der Waals surface area (Å²) in [6, 6.07) is 9.21. The standard InChI is InChI=1S/C12H16O4Si/c1-4-8-12(13)16-17(14-2,15-3)11-9-6-5-7-10-11/h4-10H,1-3H3. The van der Waals surface area contributed by atoms with Crippen LogP contribution in [0.1, 0.15) is 6.92 Å². The Morgan fingerprint density at radius 3 is 2.24 bits per heavy atom. The Hall–Kier alpha value is -1.43. The van der Waals surface area contributed by atoms with Crippen LogP contribution in [-0.2, 0) is 18.1 Å². The molecule has 0 aliphatic heterocycles. The van der Waals surface area contributed by atoms with Gasteiger partial charge in [0.15, 0.2) is 0 Å². The first-order valence-corrected chi connectivity index (χ1v) is 6.92. The maximum Gasteiger partial charge on any atom is 0.604 e. The lowest BCUT2D eigenvalue weighted by atomic mass is 10.4. The smallest absolute Gasteiger partial charge is 0.467 e. The lowest BCUT2D eigenvalue weighted by Gasteiger charge is -2.25. The summed E-state index contributed by atoms with van der Waals surface area (Å²) in [6.45, 7) is 1.74. The molecule has 1 aromatic carbocycles. The van der Waals surface area contributed by atoms with Crippen molar-refractivity contribution >= 4 is 20.0 Å². The van der Waals surface area contributed by atoms with E-state index >= 15 is 0 Å². The van der Waals surface area contributed by atoms with Crippen LogP contribution in [0.5, 0.6) is 0 Å². The fourth-order valence-electron chi connectivity index (χ4n) is 1.41. The molecule has 0 spiro atoms. The van der Waals surface area contributed by atoms with Crippen LogP contribution < -0.4 is 5.19 Å². The highest BCUT2D eigenvalue weighted by molar-refractivity contribution is 6.76. The average molecular weight is 252 g/mol. The van der Waals surface area contributed by atoms with Gasteiger partial charge in [-0.3, -0.25) is 0 Å². The van der Waals surface area contributed by atoms with E-state index in [-0.39, 0.29) is 0 Å². The highest BCUT2D eigenvalue weighted by Crippen LogP contribution is 2.09. The zero-order valence-corrected chi connectivity index (χ0v) is 11.2. The van der Waals surface area contributed by atoms with Crippen LogP contribution in [0, 0.1) is 0 Å². The summed E-state index contributed by atoms with van der Waals surface area (Å²) in [6.07, 6.45) is 2.94. The summed E-state index contributed by atoms with van der Waals surface area (Å²) in [5.41, 5.74) is 0. The number of carbonyl (C=O) groups excluding carboxylic acids is 1. The largest absolute Gasteiger partial charge is 0.604 e. The van der Waals surface area contributed by atoms with Crippen molar-refractivity contribution in [3.05, 3.63) is 42.5 Å². The van der Waals surface area contributed by atoms with Gasteiger partial charge >= 0.3 is 14.8 Å². The van der Waals surface area contributed by atoms with Crippen LogP contribution in [0.25, 0.3) is 0 Å². The number of benzene rings is 1.